The van der Waals surface area contributed by atoms with E-state index in [1.165, 1.54) is 6.42 Å². The fourth-order valence-corrected chi connectivity index (χ4v) is 3.30. The predicted molar refractivity (Wildman–Crippen MR) is 81.7 cm³/mol. The second-order valence-electron chi connectivity index (χ2n) is 6.01. The van der Waals surface area contributed by atoms with Crippen molar-refractivity contribution in [3.63, 3.8) is 0 Å². The minimum atomic E-state index is -0.108. The van der Waals surface area contributed by atoms with E-state index in [4.69, 9.17) is 4.74 Å². The van der Waals surface area contributed by atoms with Crippen molar-refractivity contribution in [1.29, 1.82) is 5.26 Å². The van der Waals surface area contributed by atoms with Gasteiger partial charge in [0.2, 0.25) is 0 Å². The average Bonchev–Trinajstić information content (AvgIpc) is 3.04. The largest absolute Gasteiger partial charge is 0.381 e. The fraction of sp³-hybridized carbons (Fsp3) is 0.588. The first-order valence-electron chi connectivity index (χ1n) is 7.85. The molecule has 21 heavy (non-hydrogen) atoms. The van der Waals surface area contributed by atoms with Crippen molar-refractivity contribution in [1.82, 2.24) is 9.80 Å². The lowest BCUT2D eigenvalue weighted by Gasteiger charge is -2.37. The lowest BCUT2D eigenvalue weighted by molar-refractivity contribution is 0.0969. The molecule has 0 N–H and O–H groups in total. The van der Waals surface area contributed by atoms with Crippen molar-refractivity contribution in [3.05, 3.63) is 35.9 Å². The standard InChI is InChI=1S/C17H23N3O/c18-12-17(16-4-2-1-3-5-16)20-9-7-19(8-10-20)13-15-6-11-21-14-15/h1-5,15,17H,6-11,13-14H2/t15-,17+/m1/s1. The van der Waals surface area contributed by atoms with Crippen molar-refractivity contribution in [2.45, 2.75) is 12.5 Å². The second kappa shape index (κ2) is 7.04. The van der Waals surface area contributed by atoms with Crippen molar-refractivity contribution >= 4 is 0 Å². The van der Waals surface area contributed by atoms with Crippen LogP contribution in [0.2, 0.25) is 0 Å². The Labute approximate surface area is 126 Å². The zero-order valence-corrected chi connectivity index (χ0v) is 12.4. The van der Waals surface area contributed by atoms with E-state index >= 15 is 0 Å². The molecule has 2 atom stereocenters. The molecule has 2 aliphatic heterocycles. The Morgan fingerprint density at radius 3 is 2.57 bits per heavy atom. The van der Waals surface area contributed by atoms with Gasteiger partial charge in [-0.05, 0) is 17.9 Å². The lowest BCUT2D eigenvalue weighted by atomic mass is 10.0. The first kappa shape index (κ1) is 14.5. The van der Waals surface area contributed by atoms with Crippen LogP contribution in [0.25, 0.3) is 0 Å². The minimum absolute atomic E-state index is 0.108. The average molecular weight is 285 g/mol. The molecule has 2 heterocycles. The van der Waals surface area contributed by atoms with E-state index in [-0.39, 0.29) is 6.04 Å². The summed E-state index contributed by atoms with van der Waals surface area (Å²) in [5, 5.41) is 9.51. The van der Waals surface area contributed by atoms with Crippen LogP contribution in [-0.4, -0.2) is 55.7 Å². The zero-order valence-electron chi connectivity index (χ0n) is 12.4. The molecule has 2 aliphatic rings. The first-order valence-corrected chi connectivity index (χ1v) is 7.85. The molecule has 4 nitrogen and oxygen atoms in total. The summed E-state index contributed by atoms with van der Waals surface area (Å²) in [5.74, 6) is 0.706. The number of hydrogen-bond donors (Lipinski definition) is 0. The zero-order chi connectivity index (χ0) is 14.5. The van der Waals surface area contributed by atoms with E-state index in [9.17, 15) is 5.26 Å². The maximum atomic E-state index is 9.51. The van der Waals surface area contributed by atoms with Crippen molar-refractivity contribution in [2.24, 2.45) is 5.92 Å². The molecule has 112 valence electrons. The number of hydrogen-bond acceptors (Lipinski definition) is 4. The van der Waals surface area contributed by atoms with Crippen LogP contribution in [0.4, 0.5) is 0 Å². The monoisotopic (exact) mass is 285 g/mol. The number of nitrogens with zero attached hydrogens (tertiary/aromatic N) is 3. The molecule has 2 saturated heterocycles. The van der Waals surface area contributed by atoms with Gasteiger partial charge in [-0.3, -0.25) is 4.90 Å². The summed E-state index contributed by atoms with van der Waals surface area (Å²) in [6.45, 7) is 7.06. The van der Waals surface area contributed by atoms with E-state index in [2.05, 4.69) is 28.0 Å². The maximum absolute atomic E-state index is 9.51. The molecular weight excluding hydrogens is 262 g/mol. The highest BCUT2D eigenvalue weighted by Gasteiger charge is 2.26. The summed E-state index contributed by atoms with van der Waals surface area (Å²) in [4.78, 5) is 4.83. The van der Waals surface area contributed by atoms with Gasteiger partial charge in [0.15, 0.2) is 0 Å². The number of rotatable bonds is 4. The molecule has 0 spiro atoms. The number of piperazine rings is 1. The summed E-state index contributed by atoms with van der Waals surface area (Å²) in [5.41, 5.74) is 1.11. The van der Waals surface area contributed by atoms with Gasteiger partial charge in [-0.2, -0.15) is 5.26 Å². The number of benzene rings is 1. The summed E-state index contributed by atoms with van der Waals surface area (Å²) >= 11 is 0. The van der Waals surface area contributed by atoms with Gasteiger partial charge in [-0.1, -0.05) is 30.3 Å². The molecule has 2 fully saturated rings. The van der Waals surface area contributed by atoms with Gasteiger partial charge in [0.1, 0.15) is 6.04 Å². The van der Waals surface area contributed by atoms with Crippen LogP contribution >= 0.6 is 0 Å². The molecule has 0 unspecified atom stereocenters. The van der Waals surface area contributed by atoms with Crippen LogP contribution in [0, 0.1) is 17.2 Å². The lowest BCUT2D eigenvalue weighted by Crippen LogP contribution is -2.48. The molecule has 3 rings (SSSR count). The highest BCUT2D eigenvalue weighted by atomic mass is 16.5. The van der Waals surface area contributed by atoms with Crippen LogP contribution in [0.5, 0.6) is 0 Å². The van der Waals surface area contributed by atoms with E-state index < -0.39 is 0 Å². The minimum Gasteiger partial charge on any atom is -0.381 e. The Balaban J connectivity index is 1.53. The first-order chi connectivity index (χ1) is 10.4. The third-order valence-corrected chi connectivity index (χ3v) is 4.55. The van der Waals surface area contributed by atoms with Crippen LogP contribution in [0.1, 0.15) is 18.0 Å². The van der Waals surface area contributed by atoms with Crippen LogP contribution in [0.15, 0.2) is 30.3 Å². The van der Waals surface area contributed by atoms with Gasteiger partial charge in [0, 0.05) is 39.3 Å². The van der Waals surface area contributed by atoms with Gasteiger partial charge in [0.25, 0.3) is 0 Å². The summed E-state index contributed by atoms with van der Waals surface area (Å²) in [6, 6.07) is 12.5. The predicted octanol–water partition coefficient (Wildman–Crippen LogP) is 1.91. The third-order valence-electron chi connectivity index (χ3n) is 4.55. The molecule has 0 aliphatic carbocycles. The Bertz CT molecular complexity index is 471. The van der Waals surface area contributed by atoms with Crippen molar-refractivity contribution < 1.29 is 4.74 Å². The van der Waals surface area contributed by atoms with E-state index in [1.54, 1.807) is 0 Å². The van der Waals surface area contributed by atoms with Crippen LogP contribution in [0.3, 0.4) is 0 Å². The molecule has 0 aromatic heterocycles. The maximum Gasteiger partial charge on any atom is 0.123 e. The highest BCUT2D eigenvalue weighted by Crippen LogP contribution is 2.22. The number of nitriles is 1. The summed E-state index contributed by atoms with van der Waals surface area (Å²) in [7, 11) is 0. The molecule has 1 aromatic carbocycles. The van der Waals surface area contributed by atoms with Gasteiger partial charge < -0.3 is 9.64 Å². The van der Waals surface area contributed by atoms with Crippen molar-refractivity contribution in [2.75, 3.05) is 45.9 Å². The van der Waals surface area contributed by atoms with Crippen LogP contribution in [-0.2, 0) is 4.74 Å². The van der Waals surface area contributed by atoms with Gasteiger partial charge in [0.05, 0.1) is 12.7 Å². The molecule has 0 saturated carbocycles. The SMILES string of the molecule is N#C[C@@H](c1ccccc1)N1CCN(C[C@H]2CCOC2)CC1. The molecule has 1 aromatic rings. The molecule has 4 heteroatoms. The molecular formula is C17H23N3O. The Hall–Kier alpha value is -1.41. The van der Waals surface area contributed by atoms with Crippen LogP contribution < -0.4 is 0 Å². The summed E-state index contributed by atoms with van der Waals surface area (Å²) < 4.78 is 5.45. The Morgan fingerprint density at radius 1 is 1.19 bits per heavy atom. The smallest absolute Gasteiger partial charge is 0.123 e. The summed E-state index contributed by atoms with van der Waals surface area (Å²) in [6.07, 6.45) is 1.20. The Morgan fingerprint density at radius 2 is 1.95 bits per heavy atom. The molecule has 0 radical (unpaired) electrons. The van der Waals surface area contributed by atoms with Gasteiger partial charge in [-0.25, -0.2) is 0 Å². The van der Waals surface area contributed by atoms with Crippen molar-refractivity contribution in [3.8, 4) is 6.07 Å². The number of ether oxygens (including phenoxy) is 1. The quantitative estimate of drug-likeness (QED) is 0.847. The molecule has 0 bridgehead atoms. The topological polar surface area (TPSA) is 39.5 Å². The second-order valence-corrected chi connectivity index (χ2v) is 6.01. The normalized spacial score (nSPS) is 25.6. The molecule has 0 amide bonds. The van der Waals surface area contributed by atoms with E-state index in [0.29, 0.717) is 5.92 Å². The fourth-order valence-electron chi connectivity index (χ4n) is 3.30. The van der Waals surface area contributed by atoms with E-state index in [1.807, 2.05) is 18.2 Å². The van der Waals surface area contributed by atoms with Gasteiger partial charge >= 0.3 is 0 Å². The highest BCUT2D eigenvalue weighted by molar-refractivity contribution is 5.24. The van der Waals surface area contributed by atoms with E-state index in [0.717, 1.165) is 51.5 Å². The third kappa shape index (κ3) is 3.62. The Kier molecular flexibility index (Phi) is 4.87. The van der Waals surface area contributed by atoms with Gasteiger partial charge in [-0.15, -0.1) is 0 Å².